The number of methoxy groups -OCH3 is 1. The zero-order valence-corrected chi connectivity index (χ0v) is 17.4. The van der Waals surface area contributed by atoms with Gasteiger partial charge in [-0.3, -0.25) is 9.69 Å². The van der Waals surface area contributed by atoms with Gasteiger partial charge in [0.15, 0.2) is 11.5 Å². The zero-order valence-electron chi connectivity index (χ0n) is 17.4. The highest BCUT2D eigenvalue weighted by Gasteiger charge is 2.16. The number of benzene rings is 3. The number of rotatable bonds is 6. The van der Waals surface area contributed by atoms with Crippen molar-refractivity contribution in [1.29, 1.82) is 0 Å². The molecule has 0 fully saturated rings. The van der Waals surface area contributed by atoms with Crippen LogP contribution in [0, 0.1) is 0 Å². The predicted molar refractivity (Wildman–Crippen MR) is 120 cm³/mol. The van der Waals surface area contributed by atoms with Crippen LogP contribution in [-0.4, -0.2) is 35.8 Å². The average Bonchev–Trinajstić information content (AvgIpc) is 2.80. The minimum absolute atomic E-state index is 0.0533. The van der Waals surface area contributed by atoms with E-state index in [1.165, 1.54) is 36.1 Å². The van der Waals surface area contributed by atoms with Crippen LogP contribution in [0.2, 0.25) is 0 Å². The molecule has 4 rings (SSSR count). The van der Waals surface area contributed by atoms with Crippen molar-refractivity contribution in [1.82, 2.24) is 10.3 Å². The van der Waals surface area contributed by atoms with Crippen molar-refractivity contribution < 1.29 is 14.6 Å². The molecule has 1 aliphatic heterocycles. The molecule has 2 N–H and O–H groups in total. The fraction of sp³-hybridized carbons (Fsp3) is 0.200. The molecule has 0 aliphatic carbocycles. The van der Waals surface area contributed by atoms with Crippen molar-refractivity contribution in [3.8, 4) is 11.5 Å². The predicted octanol–water partition coefficient (Wildman–Crippen LogP) is 3.72. The summed E-state index contributed by atoms with van der Waals surface area (Å²) in [6.45, 7) is 2.85. The Hall–Kier alpha value is -3.64. The Morgan fingerprint density at radius 3 is 2.68 bits per heavy atom. The van der Waals surface area contributed by atoms with Gasteiger partial charge in [-0.15, -0.1) is 0 Å². The van der Waals surface area contributed by atoms with Crippen LogP contribution in [-0.2, 0) is 19.5 Å². The number of phenolic OH excluding ortho intramolecular Hbond substituents is 1. The monoisotopic (exact) mass is 415 g/mol. The molecular weight excluding hydrogens is 390 g/mol. The first kappa shape index (κ1) is 20.6. The number of carbonyl (C=O) groups is 1. The highest BCUT2D eigenvalue weighted by molar-refractivity contribution is 5.94. The average molecular weight is 415 g/mol. The lowest BCUT2D eigenvalue weighted by Gasteiger charge is -2.28. The highest BCUT2D eigenvalue weighted by atomic mass is 16.5. The van der Waals surface area contributed by atoms with E-state index in [0.717, 1.165) is 26.1 Å². The van der Waals surface area contributed by atoms with Crippen molar-refractivity contribution >= 4 is 12.1 Å². The van der Waals surface area contributed by atoms with E-state index in [9.17, 15) is 9.90 Å². The summed E-state index contributed by atoms with van der Waals surface area (Å²) in [5, 5.41) is 13.6. The minimum atomic E-state index is -0.277. The molecule has 0 bridgehead atoms. The molecule has 3 aromatic carbocycles. The SMILES string of the molecule is COc1cc(/C=N\NC(=O)c2ccc(CN3CCc4ccccc4C3)cc2)ccc1O. The number of fused-ring (bicyclic) bond motifs is 1. The van der Waals surface area contributed by atoms with E-state index in [1.807, 2.05) is 24.3 Å². The molecule has 3 aromatic rings. The van der Waals surface area contributed by atoms with Crippen molar-refractivity contribution in [2.75, 3.05) is 13.7 Å². The minimum Gasteiger partial charge on any atom is -0.504 e. The van der Waals surface area contributed by atoms with Crippen molar-refractivity contribution in [3.63, 3.8) is 0 Å². The summed E-state index contributed by atoms with van der Waals surface area (Å²) in [7, 11) is 1.48. The molecule has 158 valence electrons. The molecule has 0 saturated heterocycles. The van der Waals surface area contributed by atoms with Crippen LogP contribution >= 0.6 is 0 Å². The number of amides is 1. The smallest absolute Gasteiger partial charge is 0.271 e. The van der Waals surface area contributed by atoms with Crippen molar-refractivity contribution in [2.24, 2.45) is 5.10 Å². The Labute approximate surface area is 181 Å². The fourth-order valence-corrected chi connectivity index (χ4v) is 3.71. The number of hydrogen-bond donors (Lipinski definition) is 2. The maximum Gasteiger partial charge on any atom is 0.271 e. The molecular formula is C25H25N3O3. The molecule has 1 amide bonds. The molecule has 6 nitrogen and oxygen atoms in total. The number of phenols is 1. The van der Waals surface area contributed by atoms with Crippen molar-refractivity contribution in [2.45, 2.75) is 19.5 Å². The largest absolute Gasteiger partial charge is 0.504 e. The second-order valence-electron chi connectivity index (χ2n) is 7.56. The lowest BCUT2D eigenvalue weighted by molar-refractivity contribution is 0.0955. The van der Waals surface area contributed by atoms with E-state index < -0.39 is 0 Å². The number of hydrogen-bond acceptors (Lipinski definition) is 5. The molecule has 6 heteroatoms. The topological polar surface area (TPSA) is 74.2 Å². The summed E-state index contributed by atoms with van der Waals surface area (Å²) < 4.78 is 5.06. The van der Waals surface area contributed by atoms with E-state index >= 15 is 0 Å². The van der Waals surface area contributed by atoms with Gasteiger partial charge >= 0.3 is 0 Å². The third-order valence-corrected chi connectivity index (χ3v) is 5.42. The second kappa shape index (κ2) is 9.45. The third-order valence-electron chi connectivity index (χ3n) is 5.42. The number of ether oxygens (including phenoxy) is 1. The number of hydrazone groups is 1. The molecule has 0 radical (unpaired) electrons. The van der Waals surface area contributed by atoms with Crippen LogP contribution in [0.15, 0.2) is 71.8 Å². The van der Waals surface area contributed by atoms with E-state index in [2.05, 4.69) is 39.7 Å². The maximum atomic E-state index is 12.4. The van der Waals surface area contributed by atoms with E-state index in [0.29, 0.717) is 16.9 Å². The Kier molecular flexibility index (Phi) is 6.29. The molecule has 0 unspecified atom stereocenters. The van der Waals surface area contributed by atoms with Gasteiger partial charge in [-0.25, -0.2) is 5.43 Å². The van der Waals surface area contributed by atoms with E-state index in [-0.39, 0.29) is 11.7 Å². The molecule has 0 saturated carbocycles. The Morgan fingerprint density at radius 2 is 1.90 bits per heavy atom. The number of nitrogens with zero attached hydrogens (tertiary/aromatic N) is 2. The van der Waals surface area contributed by atoms with Gasteiger partial charge in [0.25, 0.3) is 5.91 Å². The molecule has 1 heterocycles. The lowest BCUT2D eigenvalue weighted by atomic mass is 9.99. The van der Waals surface area contributed by atoms with Crippen LogP contribution in [0.25, 0.3) is 0 Å². The Balaban J connectivity index is 1.32. The van der Waals surface area contributed by atoms with Gasteiger partial charge in [0, 0.05) is 25.2 Å². The molecule has 1 aliphatic rings. The fourth-order valence-electron chi connectivity index (χ4n) is 3.71. The summed E-state index contributed by atoms with van der Waals surface area (Å²) in [6.07, 6.45) is 2.57. The molecule has 31 heavy (non-hydrogen) atoms. The summed E-state index contributed by atoms with van der Waals surface area (Å²) in [4.78, 5) is 14.8. The van der Waals surface area contributed by atoms with Gasteiger partial charge in [-0.2, -0.15) is 5.10 Å². The van der Waals surface area contributed by atoms with Crippen LogP contribution in [0.1, 0.15) is 32.6 Å². The number of aromatic hydroxyl groups is 1. The standard InChI is InChI=1S/C25H25N3O3/c1-31-24-14-19(8-11-23(24)29)15-26-27-25(30)21-9-6-18(7-10-21)16-28-13-12-20-4-2-3-5-22(20)17-28/h2-11,14-15,29H,12-13,16-17H2,1H3,(H,27,30)/b26-15-. The first-order valence-corrected chi connectivity index (χ1v) is 10.2. The van der Waals surface area contributed by atoms with Gasteiger partial charge < -0.3 is 9.84 Å². The summed E-state index contributed by atoms with van der Waals surface area (Å²) in [5.41, 5.74) is 7.79. The number of nitrogens with one attached hydrogen (secondary N) is 1. The van der Waals surface area contributed by atoms with Crippen LogP contribution in [0.5, 0.6) is 11.5 Å². The Morgan fingerprint density at radius 1 is 1.13 bits per heavy atom. The van der Waals surface area contributed by atoms with Gasteiger partial charge in [-0.1, -0.05) is 36.4 Å². The van der Waals surface area contributed by atoms with Gasteiger partial charge in [0.1, 0.15) is 0 Å². The van der Waals surface area contributed by atoms with Crippen molar-refractivity contribution in [3.05, 3.63) is 94.5 Å². The van der Waals surface area contributed by atoms with E-state index in [1.54, 1.807) is 12.1 Å². The quantitative estimate of drug-likeness (QED) is 0.475. The summed E-state index contributed by atoms with van der Waals surface area (Å²) >= 11 is 0. The first-order valence-electron chi connectivity index (χ1n) is 10.2. The second-order valence-corrected chi connectivity index (χ2v) is 7.56. The third kappa shape index (κ3) is 5.10. The zero-order chi connectivity index (χ0) is 21.6. The maximum absolute atomic E-state index is 12.4. The molecule has 0 spiro atoms. The summed E-state index contributed by atoms with van der Waals surface area (Å²) in [6, 6.07) is 21.1. The molecule has 0 atom stereocenters. The van der Waals surface area contributed by atoms with Crippen LogP contribution in [0.4, 0.5) is 0 Å². The van der Waals surface area contributed by atoms with Crippen LogP contribution < -0.4 is 10.2 Å². The lowest BCUT2D eigenvalue weighted by Crippen LogP contribution is -2.30. The number of carbonyl (C=O) groups excluding carboxylic acids is 1. The Bertz CT molecular complexity index is 1090. The van der Waals surface area contributed by atoms with E-state index in [4.69, 9.17) is 4.74 Å². The normalized spacial score (nSPS) is 13.7. The van der Waals surface area contributed by atoms with Gasteiger partial charge in [0.2, 0.25) is 0 Å². The first-order chi connectivity index (χ1) is 15.1. The molecule has 0 aromatic heterocycles. The van der Waals surface area contributed by atoms with Gasteiger partial charge in [-0.05, 0) is 59.0 Å². The summed E-state index contributed by atoms with van der Waals surface area (Å²) in [5.74, 6) is 0.126. The highest BCUT2D eigenvalue weighted by Crippen LogP contribution is 2.25. The van der Waals surface area contributed by atoms with Gasteiger partial charge in [0.05, 0.1) is 13.3 Å². The van der Waals surface area contributed by atoms with Crippen LogP contribution in [0.3, 0.4) is 0 Å².